The van der Waals surface area contributed by atoms with Gasteiger partial charge in [-0.2, -0.15) is 0 Å². The Morgan fingerprint density at radius 3 is 2.44 bits per heavy atom. The van der Waals surface area contributed by atoms with E-state index in [4.69, 9.17) is 10.7 Å². The summed E-state index contributed by atoms with van der Waals surface area (Å²) in [6, 6.07) is 30.2. The fraction of sp³-hybridized carbons (Fsp3) is 0.229. The second kappa shape index (κ2) is 10.3. The number of halogens is 1. The summed E-state index contributed by atoms with van der Waals surface area (Å²) in [5.41, 5.74) is 12.0. The summed E-state index contributed by atoms with van der Waals surface area (Å²) in [6.45, 7) is 4.71. The normalized spacial score (nSPS) is 28.6. The number of thioether (sulfide) groups is 1. The molecule has 5 atom stereocenters. The Hall–Kier alpha value is -3.07. The molecule has 0 spiro atoms. The van der Waals surface area contributed by atoms with Gasteiger partial charge in [0.05, 0.1) is 0 Å². The second-order valence-corrected chi connectivity index (χ2v) is 15.8. The maximum absolute atomic E-state index is 7.13. The van der Waals surface area contributed by atoms with E-state index in [1.807, 2.05) is 11.8 Å². The first kappa shape index (κ1) is 26.8. The average molecular weight is 670 g/mol. The number of aliphatic imine (C=N–C) groups is 1. The summed E-state index contributed by atoms with van der Waals surface area (Å²) < 4.78 is 3.74. The van der Waals surface area contributed by atoms with E-state index in [-0.39, 0.29) is 23.0 Å². The van der Waals surface area contributed by atoms with Crippen molar-refractivity contribution in [3.8, 4) is 0 Å². The van der Waals surface area contributed by atoms with Crippen molar-refractivity contribution in [1.82, 2.24) is 8.01 Å². The van der Waals surface area contributed by atoms with Crippen LogP contribution in [0.15, 0.2) is 143 Å². The van der Waals surface area contributed by atoms with E-state index in [9.17, 15) is 0 Å². The molecule has 208 valence electrons. The van der Waals surface area contributed by atoms with Crippen molar-refractivity contribution in [3.63, 3.8) is 0 Å². The van der Waals surface area contributed by atoms with Crippen molar-refractivity contribution in [1.29, 1.82) is 0 Å². The van der Waals surface area contributed by atoms with Gasteiger partial charge in [-0.3, -0.25) is 0 Å². The van der Waals surface area contributed by atoms with Gasteiger partial charge in [-0.1, -0.05) is 0 Å². The molecule has 7 rings (SSSR count). The van der Waals surface area contributed by atoms with Gasteiger partial charge in [-0.15, -0.1) is 0 Å². The molecule has 0 radical (unpaired) electrons. The molecule has 41 heavy (non-hydrogen) atoms. The first-order valence-corrected chi connectivity index (χ1v) is 17.0. The van der Waals surface area contributed by atoms with Gasteiger partial charge in [-0.05, 0) is 0 Å². The van der Waals surface area contributed by atoms with Crippen LogP contribution < -0.4 is 27.2 Å². The Balaban J connectivity index is 1.31. The zero-order valence-corrected chi connectivity index (χ0v) is 26.5. The number of hydrogen-bond acceptors (Lipinski definition) is 3. The molecule has 0 bridgehead atoms. The van der Waals surface area contributed by atoms with Gasteiger partial charge in [0.2, 0.25) is 0 Å². The van der Waals surface area contributed by atoms with Crippen LogP contribution in [0, 0.1) is 9.49 Å². The van der Waals surface area contributed by atoms with Crippen LogP contribution in [0.1, 0.15) is 31.1 Å². The number of nitrogens with two attached hydrogens (primary N) is 1. The topological polar surface area (TPSA) is 44.9 Å². The standard InChI is InChI=1S/C35H34IN4S/c1-34-23-21-28-30(31(34)41-29-20-11-10-18-26(29)34)27-19-12-13-22-35(27,2)40(28)33(37)38-32(24-14-6-4-7-15-24)39(3)36-25-16-8-5-9-17-25/h4-23,27,31-32H,1-3H3,(H2,37,38)/q-1. The maximum atomic E-state index is 7.13. The summed E-state index contributed by atoms with van der Waals surface area (Å²) in [7, 11) is 2.18. The van der Waals surface area contributed by atoms with Crippen LogP contribution in [0.3, 0.4) is 0 Å². The molecule has 2 heterocycles. The fourth-order valence-electron chi connectivity index (χ4n) is 6.80. The molecule has 0 amide bonds. The summed E-state index contributed by atoms with van der Waals surface area (Å²) >= 11 is 1.57. The summed E-state index contributed by atoms with van der Waals surface area (Å²) in [6.07, 6.45) is 13.6. The Labute approximate surface area is 258 Å². The van der Waals surface area contributed by atoms with E-state index in [1.54, 1.807) is 0 Å². The number of benzene rings is 3. The minimum absolute atomic E-state index is 0.0508. The number of nitrogens with zero attached hydrogens (tertiary/aromatic N) is 3. The van der Waals surface area contributed by atoms with Crippen LogP contribution in [-0.2, 0) is 5.41 Å². The minimum atomic E-state index is -0.437. The molecule has 2 N–H and O–H groups in total. The Morgan fingerprint density at radius 1 is 0.951 bits per heavy atom. The van der Waals surface area contributed by atoms with E-state index >= 15 is 0 Å². The zero-order chi connectivity index (χ0) is 28.2. The van der Waals surface area contributed by atoms with E-state index in [1.165, 1.54) is 25.3 Å². The third kappa shape index (κ3) is 4.34. The molecule has 4 nitrogen and oxygen atoms in total. The molecular weight excluding hydrogens is 635 g/mol. The van der Waals surface area contributed by atoms with Crippen LogP contribution >= 0.6 is 11.8 Å². The van der Waals surface area contributed by atoms with Crippen molar-refractivity contribution >= 4 is 17.7 Å². The number of allylic oxidation sites excluding steroid dienone is 4. The third-order valence-electron chi connectivity index (χ3n) is 8.84. The van der Waals surface area contributed by atoms with Gasteiger partial charge in [0, 0.05) is 0 Å². The third-order valence-corrected chi connectivity index (χ3v) is 13.0. The molecule has 6 heteroatoms. The predicted octanol–water partition coefficient (Wildman–Crippen LogP) is 3.88. The van der Waals surface area contributed by atoms with Gasteiger partial charge in [0.1, 0.15) is 0 Å². The van der Waals surface area contributed by atoms with Crippen LogP contribution in [-0.4, -0.2) is 31.8 Å². The van der Waals surface area contributed by atoms with Gasteiger partial charge in [0.15, 0.2) is 0 Å². The van der Waals surface area contributed by atoms with Crippen LogP contribution in [0.5, 0.6) is 0 Å². The predicted molar refractivity (Wildman–Crippen MR) is 165 cm³/mol. The van der Waals surface area contributed by atoms with Crippen molar-refractivity contribution in [2.24, 2.45) is 16.6 Å². The molecule has 3 aromatic carbocycles. The van der Waals surface area contributed by atoms with Gasteiger partial charge >= 0.3 is 259 Å². The van der Waals surface area contributed by atoms with E-state index in [0.717, 1.165) is 5.56 Å². The van der Waals surface area contributed by atoms with Crippen LogP contribution in [0.4, 0.5) is 0 Å². The molecular formula is C35H34IN4S-. The SMILES string of the molecule is CN([I-]c1ccccc1)C(N=C(N)N1C2=C(C3Sc4ccccc4C3(C)C=C2)C2C=CC=CC21C)c1ccccc1. The number of guanidine groups is 1. The van der Waals surface area contributed by atoms with Crippen molar-refractivity contribution in [2.75, 3.05) is 7.05 Å². The Kier molecular flexibility index (Phi) is 6.75. The molecule has 4 aliphatic rings. The Morgan fingerprint density at radius 2 is 1.66 bits per heavy atom. The summed E-state index contributed by atoms with van der Waals surface area (Å²) in [4.78, 5) is 9.03. The molecule has 0 aromatic heterocycles. The summed E-state index contributed by atoms with van der Waals surface area (Å²) in [5, 5.41) is 0.315. The number of hydrogen-bond donors (Lipinski definition) is 1. The molecule has 2 aliphatic carbocycles. The zero-order valence-electron chi connectivity index (χ0n) is 23.5. The fourth-order valence-corrected chi connectivity index (χ4v) is 10.8. The molecule has 0 saturated carbocycles. The Bertz CT molecular complexity index is 1630. The number of rotatable bonds is 5. The first-order valence-electron chi connectivity index (χ1n) is 14.1. The van der Waals surface area contributed by atoms with Crippen molar-refractivity contribution < 1.29 is 21.5 Å². The monoisotopic (exact) mass is 669 g/mol. The van der Waals surface area contributed by atoms with Gasteiger partial charge < -0.3 is 0 Å². The molecule has 0 saturated heterocycles. The van der Waals surface area contributed by atoms with Gasteiger partial charge in [0.25, 0.3) is 0 Å². The quantitative estimate of drug-likeness (QED) is 0.194. The van der Waals surface area contributed by atoms with E-state index < -0.39 is 21.5 Å². The first-order chi connectivity index (χ1) is 19.9. The molecule has 2 aliphatic heterocycles. The molecule has 5 unspecified atom stereocenters. The molecule has 3 aromatic rings. The van der Waals surface area contributed by atoms with Crippen molar-refractivity contribution in [2.45, 2.75) is 41.1 Å². The van der Waals surface area contributed by atoms with Crippen molar-refractivity contribution in [3.05, 3.63) is 147 Å². The molecule has 0 fully saturated rings. The summed E-state index contributed by atoms with van der Waals surface area (Å²) in [5.74, 6) is 0.783. The van der Waals surface area contributed by atoms with E-state index in [0.29, 0.717) is 11.2 Å². The average Bonchev–Trinajstić information content (AvgIpc) is 3.44. The van der Waals surface area contributed by atoms with Crippen LogP contribution in [0.25, 0.3) is 0 Å². The van der Waals surface area contributed by atoms with Crippen LogP contribution in [0.2, 0.25) is 0 Å². The second-order valence-electron chi connectivity index (χ2n) is 11.4. The van der Waals surface area contributed by atoms with Gasteiger partial charge in [-0.25, -0.2) is 0 Å². The number of fused-ring (bicyclic) bond motifs is 6. The van der Waals surface area contributed by atoms with E-state index in [2.05, 4.69) is 150 Å².